The molecule has 0 aliphatic rings. The molecule has 2 heterocycles. The van der Waals surface area contributed by atoms with Gasteiger partial charge < -0.3 is 15.2 Å². The second-order valence-corrected chi connectivity index (χ2v) is 5.28. The van der Waals surface area contributed by atoms with Gasteiger partial charge in [-0.15, -0.1) is 0 Å². The molecule has 0 bridgehead atoms. The Morgan fingerprint density at radius 3 is 2.94 bits per heavy atom. The van der Waals surface area contributed by atoms with Gasteiger partial charge in [0.2, 0.25) is 0 Å². The summed E-state index contributed by atoms with van der Waals surface area (Å²) in [5, 5.41) is 6.27. The number of nitrogens with one attached hydrogen (secondary N) is 2. The van der Waals surface area contributed by atoms with Gasteiger partial charge in [0.15, 0.2) is 11.6 Å². The van der Waals surface area contributed by atoms with Crippen molar-refractivity contribution in [1.82, 2.24) is 18.3 Å². The minimum atomic E-state index is 0.814. The summed E-state index contributed by atoms with van der Waals surface area (Å²) in [7, 11) is 3.86. The van der Waals surface area contributed by atoms with E-state index in [4.69, 9.17) is 0 Å². The molecule has 0 aliphatic carbocycles. The van der Waals surface area contributed by atoms with E-state index < -0.39 is 0 Å². The van der Waals surface area contributed by atoms with E-state index in [-0.39, 0.29) is 0 Å². The fourth-order valence-corrected chi connectivity index (χ4v) is 2.79. The minimum Gasteiger partial charge on any atom is -0.369 e. The Morgan fingerprint density at radius 1 is 1.39 bits per heavy atom. The molecular formula is C10H16N6S2. The van der Waals surface area contributed by atoms with Crippen molar-refractivity contribution in [1.29, 1.82) is 0 Å². The monoisotopic (exact) mass is 284 g/mol. The molecule has 0 saturated carbocycles. The summed E-state index contributed by atoms with van der Waals surface area (Å²) in [6, 6.07) is 0. The summed E-state index contributed by atoms with van der Waals surface area (Å²) in [6.45, 7) is 0.870. The number of imidazole rings is 1. The molecule has 8 heteroatoms. The van der Waals surface area contributed by atoms with Crippen molar-refractivity contribution in [2.24, 2.45) is 7.05 Å². The number of aryl methyl sites for hydroxylation is 1. The second kappa shape index (κ2) is 6.60. The van der Waals surface area contributed by atoms with E-state index in [0.717, 1.165) is 35.5 Å². The lowest BCUT2D eigenvalue weighted by Gasteiger charge is -2.05. The summed E-state index contributed by atoms with van der Waals surface area (Å²) in [5.41, 5.74) is 0. The quantitative estimate of drug-likeness (QED) is 0.754. The third kappa shape index (κ3) is 3.36. The largest absolute Gasteiger partial charge is 0.369 e. The van der Waals surface area contributed by atoms with E-state index in [1.54, 1.807) is 0 Å². The summed E-state index contributed by atoms with van der Waals surface area (Å²) in [6.07, 6.45) is 3.79. The lowest BCUT2D eigenvalue weighted by atomic mass is 10.6. The Labute approximate surface area is 115 Å². The molecule has 0 unspecified atom stereocenters. The van der Waals surface area contributed by atoms with Crippen LogP contribution in [0.15, 0.2) is 12.4 Å². The van der Waals surface area contributed by atoms with Crippen molar-refractivity contribution in [3.8, 4) is 0 Å². The molecule has 0 atom stereocenters. The number of anilines is 2. The molecular weight excluding hydrogens is 268 g/mol. The van der Waals surface area contributed by atoms with Crippen LogP contribution in [-0.4, -0.2) is 37.6 Å². The van der Waals surface area contributed by atoms with Gasteiger partial charge >= 0.3 is 0 Å². The number of rotatable bonds is 7. The van der Waals surface area contributed by atoms with Crippen LogP contribution in [0.3, 0.4) is 0 Å². The van der Waals surface area contributed by atoms with Crippen molar-refractivity contribution in [3.63, 3.8) is 0 Å². The van der Waals surface area contributed by atoms with Gasteiger partial charge in [-0.05, 0) is 0 Å². The topological polar surface area (TPSA) is 67.7 Å². The number of thioether (sulfide) groups is 1. The lowest BCUT2D eigenvalue weighted by molar-refractivity contribution is 0.849. The van der Waals surface area contributed by atoms with Crippen LogP contribution in [-0.2, 0) is 12.8 Å². The first-order valence-corrected chi connectivity index (χ1v) is 7.48. The molecule has 0 fully saturated rings. The SMILES string of the molecule is CNc1nsnc1NCCSCc1nccn1C. The molecule has 0 radical (unpaired) electrons. The van der Waals surface area contributed by atoms with E-state index >= 15 is 0 Å². The first-order valence-electron chi connectivity index (χ1n) is 5.59. The molecule has 0 amide bonds. The van der Waals surface area contributed by atoms with Crippen LogP contribution in [0.1, 0.15) is 5.82 Å². The van der Waals surface area contributed by atoms with Gasteiger partial charge in [-0.25, -0.2) is 4.98 Å². The highest BCUT2D eigenvalue weighted by molar-refractivity contribution is 7.98. The lowest BCUT2D eigenvalue weighted by Crippen LogP contribution is -2.07. The Hall–Kier alpha value is -1.28. The number of nitrogens with zero attached hydrogens (tertiary/aromatic N) is 4. The fourth-order valence-electron chi connectivity index (χ4n) is 1.41. The van der Waals surface area contributed by atoms with E-state index in [2.05, 4.69) is 24.4 Å². The van der Waals surface area contributed by atoms with Crippen molar-refractivity contribution < 1.29 is 0 Å². The third-order valence-corrected chi connectivity index (χ3v) is 3.90. The zero-order valence-electron chi connectivity index (χ0n) is 10.4. The average molecular weight is 284 g/mol. The fraction of sp³-hybridized carbons (Fsp3) is 0.500. The van der Waals surface area contributed by atoms with Crippen LogP contribution in [0.25, 0.3) is 0 Å². The number of hydrogen-bond donors (Lipinski definition) is 2. The molecule has 98 valence electrons. The van der Waals surface area contributed by atoms with E-state index in [0.29, 0.717) is 0 Å². The van der Waals surface area contributed by atoms with Crippen molar-refractivity contribution in [3.05, 3.63) is 18.2 Å². The molecule has 0 saturated heterocycles. The van der Waals surface area contributed by atoms with E-state index in [1.807, 2.05) is 42.8 Å². The number of aromatic nitrogens is 4. The van der Waals surface area contributed by atoms with E-state index in [1.165, 1.54) is 11.7 Å². The van der Waals surface area contributed by atoms with Gasteiger partial charge in [0, 0.05) is 38.8 Å². The second-order valence-electron chi connectivity index (χ2n) is 3.65. The number of hydrogen-bond acceptors (Lipinski definition) is 7. The zero-order chi connectivity index (χ0) is 12.8. The van der Waals surface area contributed by atoms with Crippen LogP contribution in [0, 0.1) is 0 Å². The maximum Gasteiger partial charge on any atom is 0.184 e. The van der Waals surface area contributed by atoms with Crippen molar-refractivity contribution in [2.75, 3.05) is 30.0 Å². The summed E-state index contributed by atoms with van der Waals surface area (Å²) >= 11 is 3.06. The highest BCUT2D eigenvalue weighted by atomic mass is 32.2. The Kier molecular flexibility index (Phi) is 4.82. The molecule has 2 rings (SSSR count). The van der Waals surface area contributed by atoms with Gasteiger partial charge in [0.1, 0.15) is 5.82 Å². The third-order valence-electron chi connectivity index (χ3n) is 2.42. The normalized spacial score (nSPS) is 10.6. The molecule has 2 aromatic rings. The van der Waals surface area contributed by atoms with Gasteiger partial charge in [-0.1, -0.05) is 0 Å². The maximum atomic E-state index is 4.28. The predicted molar refractivity (Wildman–Crippen MR) is 77.3 cm³/mol. The molecule has 2 aromatic heterocycles. The molecule has 0 aliphatic heterocycles. The Balaban J connectivity index is 1.66. The molecule has 0 spiro atoms. The Morgan fingerprint density at radius 2 is 2.22 bits per heavy atom. The van der Waals surface area contributed by atoms with E-state index in [9.17, 15) is 0 Å². The Bertz CT molecular complexity index is 480. The molecule has 18 heavy (non-hydrogen) atoms. The highest BCUT2D eigenvalue weighted by Gasteiger charge is 2.04. The van der Waals surface area contributed by atoms with Crippen molar-refractivity contribution >= 4 is 35.1 Å². The first-order chi connectivity index (χ1) is 8.81. The van der Waals surface area contributed by atoms with Gasteiger partial charge in [-0.2, -0.15) is 20.5 Å². The van der Waals surface area contributed by atoms with Crippen LogP contribution >= 0.6 is 23.5 Å². The van der Waals surface area contributed by atoms with Gasteiger partial charge in [0.25, 0.3) is 0 Å². The zero-order valence-corrected chi connectivity index (χ0v) is 12.0. The van der Waals surface area contributed by atoms with Crippen molar-refractivity contribution in [2.45, 2.75) is 5.75 Å². The van der Waals surface area contributed by atoms with Crippen LogP contribution < -0.4 is 10.6 Å². The highest BCUT2D eigenvalue weighted by Crippen LogP contribution is 2.17. The molecule has 6 nitrogen and oxygen atoms in total. The van der Waals surface area contributed by atoms with Crippen LogP contribution in [0.2, 0.25) is 0 Å². The standard InChI is InChI=1S/C10H16N6S2/c1-11-9-10(15-18-14-9)13-4-6-17-7-8-12-3-5-16(8)2/h3,5H,4,6-7H2,1-2H3,(H,11,14)(H,13,15). The van der Waals surface area contributed by atoms with Crippen LogP contribution in [0.5, 0.6) is 0 Å². The smallest absolute Gasteiger partial charge is 0.184 e. The summed E-state index contributed by atoms with van der Waals surface area (Å²) in [5.74, 6) is 4.69. The van der Waals surface area contributed by atoms with Gasteiger partial charge in [0.05, 0.1) is 17.5 Å². The first kappa shape index (κ1) is 13.2. The molecule has 2 N–H and O–H groups in total. The van der Waals surface area contributed by atoms with Crippen LogP contribution in [0.4, 0.5) is 11.6 Å². The summed E-state index contributed by atoms with van der Waals surface area (Å²) in [4.78, 5) is 4.28. The summed E-state index contributed by atoms with van der Waals surface area (Å²) < 4.78 is 10.3. The predicted octanol–water partition coefficient (Wildman–Crippen LogP) is 1.66. The minimum absolute atomic E-state index is 0.814. The molecule has 0 aromatic carbocycles. The maximum absolute atomic E-state index is 4.28. The average Bonchev–Trinajstić information content (AvgIpc) is 2.98. The van der Waals surface area contributed by atoms with Gasteiger partial charge in [-0.3, -0.25) is 0 Å².